The van der Waals surface area contributed by atoms with E-state index >= 15 is 0 Å². The zero-order valence-electron chi connectivity index (χ0n) is 11.1. The zero-order chi connectivity index (χ0) is 14.2. The number of fused-ring (bicyclic) bond motifs is 2. The lowest BCUT2D eigenvalue weighted by Gasteiger charge is -2.19. The zero-order valence-corrected chi connectivity index (χ0v) is 11.1. The normalized spacial score (nSPS) is 15.6. The Labute approximate surface area is 121 Å². The molecule has 0 unspecified atom stereocenters. The van der Waals surface area contributed by atoms with Gasteiger partial charge >= 0.3 is 0 Å². The minimum absolute atomic E-state index is 0.237. The molecular formula is C17H12N2O2. The van der Waals surface area contributed by atoms with Crippen LogP contribution in [0.25, 0.3) is 22.6 Å². The number of aromatic nitrogens is 1. The van der Waals surface area contributed by atoms with Crippen molar-refractivity contribution in [1.82, 2.24) is 10.5 Å². The SMILES string of the molecule is O=C1NOc2ccccc2C1=Cc1c[nH]c2ccccc12. The van der Waals surface area contributed by atoms with Gasteiger partial charge < -0.3 is 9.82 Å². The standard InChI is InChI=1S/C17H12N2O2/c20-17-14(13-6-2-4-8-16(13)21-19-17)9-11-10-18-15-7-3-1-5-12(11)15/h1-10,18H,(H,19,20). The minimum Gasteiger partial charge on any atom is -0.379 e. The van der Waals surface area contributed by atoms with E-state index in [1.807, 2.05) is 60.8 Å². The largest absolute Gasteiger partial charge is 0.379 e. The first-order valence-electron chi connectivity index (χ1n) is 6.67. The van der Waals surface area contributed by atoms with E-state index in [-0.39, 0.29) is 5.91 Å². The number of rotatable bonds is 1. The summed E-state index contributed by atoms with van der Waals surface area (Å²) in [6.07, 6.45) is 3.79. The molecule has 2 aromatic carbocycles. The molecule has 0 atom stereocenters. The predicted molar refractivity (Wildman–Crippen MR) is 81.4 cm³/mol. The fourth-order valence-corrected chi connectivity index (χ4v) is 2.57. The van der Waals surface area contributed by atoms with Crippen molar-refractivity contribution in [2.75, 3.05) is 0 Å². The molecule has 0 fully saturated rings. The van der Waals surface area contributed by atoms with Crippen LogP contribution in [0.4, 0.5) is 0 Å². The molecule has 21 heavy (non-hydrogen) atoms. The van der Waals surface area contributed by atoms with E-state index in [4.69, 9.17) is 4.84 Å². The van der Waals surface area contributed by atoms with Gasteiger partial charge in [-0.05, 0) is 18.2 Å². The maximum Gasteiger partial charge on any atom is 0.284 e. The highest BCUT2D eigenvalue weighted by atomic mass is 16.7. The Kier molecular flexibility index (Phi) is 2.54. The Balaban J connectivity index is 1.91. The van der Waals surface area contributed by atoms with Crippen molar-refractivity contribution >= 4 is 28.5 Å². The summed E-state index contributed by atoms with van der Waals surface area (Å²) in [4.78, 5) is 20.5. The molecule has 4 rings (SSSR count). The number of hydrogen-bond donors (Lipinski definition) is 2. The second-order valence-electron chi connectivity index (χ2n) is 4.88. The Bertz CT molecular complexity index is 877. The maximum absolute atomic E-state index is 12.1. The van der Waals surface area contributed by atoms with Crippen molar-refractivity contribution in [3.63, 3.8) is 0 Å². The highest BCUT2D eigenvalue weighted by Gasteiger charge is 2.22. The summed E-state index contributed by atoms with van der Waals surface area (Å²) in [5.41, 5.74) is 5.85. The molecule has 1 aliphatic heterocycles. The summed E-state index contributed by atoms with van der Waals surface area (Å²) in [5, 5.41) is 1.08. The van der Waals surface area contributed by atoms with Crippen LogP contribution in [-0.4, -0.2) is 10.9 Å². The predicted octanol–water partition coefficient (Wildman–Crippen LogP) is 3.13. The number of carbonyl (C=O) groups is 1. The van der Waals surface area contributed by atoms with Crippen LogP contribution in [-0.2, 0) is 4.79 Å². The van der Waals surface area contributed by atoms with Gasteiger partial charge in [-0.2, -0.15) is 5.48 Å². The minimum atomic E-state index is -0.237. The van der Waals surface area contributed by atoms with Gasteiger partial charge in [0.15, 0.2) is 5.75 Å². The van der Waals surface area contributed by atoms with Gasteiger partial charge in [0.1, 0.15) is 0 Å². The van der Waals surface area contributed by atoms with E-state index in [1.54, 1.807) is 0 Å². The van der Waals surface area contributed by atoms with Gasteiger partial charge in [-0.25, -0.2) is 0 Å². The number of H-pyrrole nitrogens is 1. The number of carbonyl (C=O) groups excluding carboxylic acids is 1. The van der Waals surface area contributed by atoms with Gasteiger partial charge in [-0.1, -0.05) is 36.4 Å². The van der Waals surface area contributed by atoms with Crippen LogP contribution in [0.1, 0.15) is 11.1 Å². The lowest BCUT2D eigenvalue weighted by Crippen LogP contribution is -2.32. The molecule has 0 spiro atoms. The van der Waals surface area contributed by atoms with Gasteiger partial charge in [0.25, 0.3) is 5.91 Å². The van der Waals surface area contributed by atoms with E-state index in [0.29, 0.717) is 11.3 Å². The second kappa shape index (κ2) is 4.52. The van der Waals surface area contributed by atoms with Gasteiger partial charge in [0, 0.05) is 28.2 Å². The molecule has 2 heterocycles. The highest BCUT2D eigenvalue weighted by molar-refractivity contribution is 6.26. The molecule has 0 saturated carbocycles. The van der Waals surface area contributed by atoms with E-state index in [0.717, 1.165) is 22.0 Å². The summed E-state index contributed by atoms with van der Waals surface area (Å²) in [6.45, 7) is 0. The molecule has 4 heteroatoms. The van der Waals surface area contributed by atoms with E-state index in [9.17, 15) is 4.79 Å². The molecule has 0 radical (unpaired) electrons. The summed E-state index contributed by atoms with van der Waals surface area (Å²) in [7, 11) is 0. The highest BCUT2D eigenvalue weighted by Crippen LogP contribution is 2.31. The maximum atomic E-state index is 12.1. The number of nitrogens with one attached hydrogen (secondary N) is 2. The van der Waals surface area contributed by atoms with Crippen molar-refractivity contribution in [1.29, 1.82) is 0 Å². The third kappa shape index (κ3) is 1.89. The number of para-hydroxylation sites is 2. The number of hydroxylamine groups is 1. The van der Waals surface area contributed by atoms with Crippen LogP contribution in [0, 0.1) is 0 Å². The van der Waals surface area contributed by atoms with Crippen LogP contribution in [0.2, 0.25) is 0 Å². The van der Waals surface area contributed by atoms with Crippen molar-refractivity contribution in [3.05, 3.63) is 65.9 Å². The molecule has 3 aromatic rings. The second-order valence-corrected chi connectivity index (χ2v) is 4.88. The average molecular weight is 276 g/mol. The smallest absolute Gasteiger partial charge is 0.284 e. The quantitative estimate of drug-likeness (QED) is 0.671. The Morgan fingerprint density at radius 1 is 1.00 bits per heavy atom. The summed E-state index contributed by atoms with van der Waals surface area (Å²) in [5.74, 6) is 0.419. The van der Waals surface area contributed by atoms with E-state index in [1.165, 1.54) is 0 Å². The number of benzene rings is 2. The summed E-state index contributed by atoms with van der Waals surface area (Å²) in [6, 6.07) is 15.5. The van der Waals surface area contributed by atoms with E-state index in [2.05, 4.69) is 10.5 Å². The number of hydrogen-bond acceptors (Lipinski definition) is 2. The lowest BCUT2D eigenvalue weighted by atomic mass is 10.00. The van der Waals surface area contributed by atoms with Gasteiger partial charge in [0.05, 0.1) is 5.57 Å². The molecule has 0 saturated heterocycles. The molecule has 1 aromatic heterocycles. The van der Waals surface area contributed by atoms with Crippen molar-refractivity contribution < 1.29 is 9.63 Å². The first-order chi connectivity index (χ1) is 10.3. The topological polar surface area (TPSA) is 54.1 Å². The lowest BCUT2D eigenvalue weighted by molar-refractivity contribution is -0.122. The van der Waals surface area contributed by atoms with Crippen LogP contribution < -0.4 is 10.3 Å². The monoisotopic (exact) mass is 276 g/mol. The first-order valence-corrected chi connectivity index (χ1v) is 6.67. The van der Waals surface area contributed by atoms with Crippen LogP contribution in [0.3, 0.4) is 0 Å². The molecule has 1 aliphatic rings. The molecule has 0 bridgehead atoms. The van der Waals surface area contributed by atoms with Gasteiger partial charge in [0.2, 0.25) is 0 Å². The Morgan fingerprint density at radius 2 is 1.81 bits per heavy atom. The van der Waals surface area contributed by atoms with Crippen molar-refractivity contribution in [2.24, 2.45) is 0 Å². The molecule has 2 N–H and O–H groups in total. The summed E-state index contributed by atoms with van der Waals surface area (Å²) < 4.78 is 0. The average Bonchev–Trinajstić information content (AvgIpc) is 2.93. The Hall–Kier alpha value is -3.01. The van der Waals surface area contributed by atoms with Crippen molar-refractivity contribution in [2.45, 2.75) is 0 Å². The van der Waals surface area contributed by atoms with E-state index < -0.39 is 0 Å². The van der Waals surface area contributed by atoms with Gasteiger partial charge in [-0.3, -0.25) is 4.79 Å². The van der Waals surface area contributed by atoms with Crippen LogP contribution >= 0.6 is 0 Å². The first kappa shape index (κ1) is 11.8. The van der Waals surface area contributed by atoms with Crippen LogP contribution in [0.5, 0.6) is 5.75 Å². The summed E-state index contributed by atoms with van der Waals surface area (Å²) >= 11 is 0. The Morgan fingerprint density at radius 3 is 2.76 bits per heavy atom. The third-order valence-electron chi connectivity index (χ3n) is 3.60. The number of amides is 1. The molecule has 0 aliphatic carbocycles. The van der Waals surface area contributed by atoms with Gasteiger partial charge in [-0.15, -0.1) is 0 Å². The number of aromatic amines is 1. The fourth-order valence-electron chi connectivity index (χ4n) is 2.57. The molecular weight excluding hydrogens is 264 g/mol. The molecule has 1 amide bonds. The third-order valence-corrected chi connectivity index (χ3v) is 3.60. The molecule has 4 nitrogen and oxygen atoms in total. The molecule has 102 valence electrons. The van der Waals surface area contributed by atoms with Crippen molar-refractivity contribution in [3.8, 4) is 5.75 Å². The fraction of sp³-hybridized carbons (Fsp3) is 0. The van der Waals surface area contributed by atoms with Crippen LogP contribution in [0.15, 0.2) is 54.7 Å².